The van der Waals surface area contributed by atoms with Crippen molar-refractivity contribution in [3.8, 4) is 0 Å². The minimum Gasteiger partial charge on any atom is -0.0649 e. The molecule has 0 heterocycles. The predicted molar refractivity (Wildman–Crippen MR) is 85.1 cm³/mol. The molecule has 0 aromatic heterocycles. The lowest BCUT2D eigenvalue weighted by Gasteiger charge is -2.31. The van der Waals surface area contributed by atoms with Gasteiger partial charge in [0, 0.05) is 0 Å². The molecule has 0 aliphatic heterocycles. The van der Waals surface area contributed by atoms with E-state index in [-0.39, 0.29) is 0 Å². The third-order valence-electron chi connectivity index (χ3n) is 5.94. The molecule has 0 aliphatic carbocycles. The van der Waals surface area contributed by atoms with Crippen LogP contribution < -0.4 is 0 Å². The summed E-state index contributed by atoms with van der Waals surface area (Å²) in [6.07, 6.45) is 14.0. The third-order valence-corrected chi connectivity index (χ3v) is 5.94. The van der Waals surface area contributed by atoms with Crippen molar-refractivity contribution in [1.29, 1.82) is 0 Å². The van der Waals surface area contributed by atoms with Crippen LogP contribution in [-0.4, -0.2) is 0 Å². The van der Waals surface area contributed by atoms with Crippen LogP contribution in [0.1, 0.15) is 106 Å². The first kappa shape index (κ1) is 18.0. The summed E-state index contributed by atoms with van der Waals surface area (Å²) in [6, 6.07) is 0. The van der Waals surface area contributed by atoms with Crippen molar-refractivity contribution in [2.75, 3.05) is 0 Å². The fourth-order valence-electron chi connectivity index (χ4n) is 3.11. The Hall–Kier alpha value is 0. The lowest BCUT2D eigenvalue weighted by Crippen LogP contribution is -2.17. The number of hydrogen-bond acceptors (Lipinski definition) is 0. The molecule has 0 unspecified atom stereocenters. The summed E-state index contributed by atoms with van der Waals surface area (Å²) in [4.78, 5) is 0. The number of rotatable bonds is 11. The predicted octanol–water partition coefficient (Wildman–Crippen LogP) is 6.98. The van der Waals surface area contributed by atoms with Gasteiger partial charge in [0.2, 0.25) is 0 Å². The largest absolute Gasteiger partial charge is 0.0649 e. The second-order valence-electron chi connectivity index (χ2n) is 6.64. The summed E-state index contributed by atoms with van der Waals surface area (Å²) in [5, 5.41) is 0. The highest BCUT2D eigenvalue weighted by Gasteiger charge is 2.23. The molecule has 0 heteroatoms. The SMILES string of the molecule is CCC(C)(CC)CCCCCC(CC)(CC)CC. The lowest BCUT2D eigenvalue weighted by molar-refractivity contribution is 0.214. The molecule has 0 saturated heterocycles. The zero-order valence-electron chi connectivity index (χ0n) is 14.1. The van der Waals surface area contributed by atoms with Gasteiger partial charge in [-0.25, -0.2) is 0 Å². The van der Waals surface area contributed by atoms with Gasteiger partial charge in [0.15, 0.2) is 0 Å². The summed E-state index contributed by atoms with van der Waals surface area (Å²) in [7, 11) is 0. The molecule has 0 rings (SSSR count). The highest BCUT2D eigenvalue weighted by Crippen LogP contribution is 2.37. The van der Waals surface area contributed by atoms with Crippen LogP contribution in [0.5, 0.6) is 0 Å². The van der Waals surface area contributed by atoms with E-state index in [2.05, 4.69) is 41.5 Å². The molecule has 0 aliphatic rings. The molecule has 18 heavy (non-hydrogen) atoms. The maximum Gasteiger partial charge on any atom is -0.0305 e. The monoisotopic (exact) mass is 254 g/mol. The highest BCUT2D eigenvalue weighted by atomic mass is 14.3. The van der Waals surface area contributed by atoms with Crippen LogP contribution in [-0.2, 0) is 0 Å². The summed E-state index contributed by atoms with van der Waals surface area (Å²) in [6.45, 7) is 14.3. The molecule has 0 aromatic rings. The van der Waals surface area contributed by atoms with E-state index in [0.29, 0.717) is 10.8 Å². The van der Waals surface area contributed by atoms with Gasteiger partial charge in [-0.3, -0.25) is 0 Å². The molecule has 0 aromatic carbocycles. The minimum atomic E-state index is 0.608. The van der Waals surface area contributed by atoms with E-state index in [1.807, 2.05) is 0 Å². The van der Waals surface area contributed by atoms with Gasteiger partial charge in [-0.05, 0) is 23.7 Å². The van der Waals surface area contributed by atoms with Crippen molar-refractivity contribution >= 4 is 0 Å². The van der Waals surface area contributed by atoms with Crippen LogP contribution >= 0.6 is 0 Å². The van der Waals surface area contributed by atoms with Crippen LogP contribution in [0.4, 0.5) is 0 Å². The molecule has 0 nitrogen and oxygen atoms in total. The van der Waals surface area contributed by atoms with Crippen molar-refractivity contribution in [2.24, 2.45) is 10.8 Å². The van der Waals surface area contributed by atoms with E-state index in [9.17, 15) is 0 Å². The van der Waals surface area contributed by atoms with E-state index in [1.54, 1.807) is 0 Å². The van der Waals surface area contributed by atoms with Gasteiger partial charge in [0.05, 0.1) is 0 Å². The van der Waals surface area contributed by atoms with Gasteiger partial charge in [0.1, 0.15) is 0 Å². The smallest absolute Gasteiger partial charge is 0.0305 e. The molecule has 110 valence electrons. The summed E-state index contributed by atoms with van der Waals surface area (Å²) in [5.41, 5.74) is 1.26. The zero-order chi connectivity index (χ0) is 14.1. The molecule has 0 atom stereocenters. The molecule has 0 spiro atoms. The van der Waals surface area contributed by atoms with Gasteiger partial charge in [-0.2, -0.15) is 0 Å². The molecular weight excluding hydrogens is 216 g/mol. The maximum atomic E-state index is 2.46. The highest BCUT2D eigenvalue weighted by molar-refractivity contribution is 4.75. The standard InChI is InChI=1S/C18H38/c1-7-17(6,8-2)15-13-12-14-16-18(9-3,10-4)11-5/h7-16H2,1-6H3. The Morgan fingerprint density at radius 1 is 0.556 bits per heavy atom. The van der Waals surface area contributed by atoms with Crippen LogP contribution in [0.2, 0.25) is 0 Å². The normalized spacial score (nSPS) is 13.0. The van der Waals surface area contributed by atoms with Gasteiger partial charge in [-0.1, -0.05) is 92.9 Å². The molecule has 0 radical (unpaired) electrons. The van der Waals surface area contributed by atoms with Crippen LogP contribution in [0.3, 0.4) is 0 Å². The summed E-state index contributed by atoms with van der Waals surface area (Å²) >= 11 is 0. The first-order valence-electron chi connectivity index (χ1n) is 8.51. The van der Waals surface area contributed by atoms with Crippen LogP contribution in [0, 0.1) is 10.8 Å². The first-order chi connectivity index (χ1) is 8.51. The Morgan fingerprint density at radius 3 is 1.39 bits per heavy atom. The Balaban J connectivity index is 3.86. The molecule has 0 fully saturated rings. The Morgan fingerprint density at radius 2 is 1.00 bits per heavy atom. The first-order valence-corrected chi connectivity index (χ1v) is 8.51. The molecule has 0 N–H and O–H groups in total. The van der Waals surface area contributed by atoms with Crippen molar-refractivity contribution in [2.45, 2.75) is 106 Å². The average molecular weight is 255 g/mol. The number of unbranched alkanes of at least 4 members (excludes halogenated alkanes) is 2. The Labute approximate surface area is 117 Å². The summed E-state index contributed by atoms with van der Waals surface area (Å²) in [5.74, 6) is 0. The van der Waals surface area contributed by atoms with Crippen molar-refractivity contribution < 1.29 is 0 Å². The fraction of sp³-hybridized carbons (Fsp3) is 1.00. The van der Waals surface area contributed by atoms with Gasteiger partial charge in [0.25, 0.3) is 0 Å². The maximum absolute atomic E-state index is 2.46. The van der Waals surface area contributed by atoms with E-state index >= 15 is 0 Å². The van der Waals surface area contributed by atoms with E-state index < -0.39 is 0 Å². The fourth-order valence-corrected chi connectivity index (χ4v) is 3.11. The Kier molecular flexibility index (Phi) is 8.99. The van der Waals surface area contributed by atoms with Crippen LogP contribution in [0.25, 0.3) is 0 Å². The van der Waals surface area contributed by atoms with Crippen molar-refractivity contribution in [1.82, 2.24) is 0 Å². The average Bonchev–Trinajstić information content (AvgIpc) is 2.43. The molecule has 0 bridgehead atoms. The van der Waals surface area contributed by atoms with E-state index in [1.165, 1.54) is 64.2 Å². The number of hydrogen-bond donors (Lipinski definition) is 0. The van der Waals surface area contributed by atoms with Gasteiger partial charge < -0.3 is 0 Å². The molecule has 0 saturated carbocycles. The summed E-state index contributed by atoms with van der Waals surface area (Å²) < 4.78 is 0. The lowest BCUT2D eigenvalue weighted by atomic mass is 9.75. The van der Waals surface area contributed by atoms with E-state index in [0.717, 1.165) is 0 Å². The molecular formula is C18H38. The molecule has 0 amide bonds. The quantitative estimate of drug-likeness (QED) is 0.349. The third kappa shape index (κ3) is 5.76. The van der Waals surface area contributed by atoms with Gasteiger partial charge in [-0.15, -0.1) is 0 Å². The van der Waals surface area contributed by atoms with Crippen LogP contribution in [0.15, 0.2) is 0 Å². The van der Waals surface area contributed by atoms with Gasteiger partial charge >= 0.3 is 0 Å². The van der Waals surface area contributed by atoms with Crippen molar-refractivity contribution in [3.63, 3.8) is 0 Å². The topological polar surface area (TPSA) is 0 Å². The second-order valence-corrected chi connectivity index (χ2v) is 6.64. The zero-order valence-corrected chi connectivity index (χ0v) is 14.1. The Bertz CT molecular complexity index is 176. The van der Waals surface area contributed by atoms with Crippen molar-refractivity contribution in [3.05, 3.63) is 0 Å². The minimum absolute atomic E-state index is 0.608. The second kappa shape index (κ2) is 8.99. The van der Waals surface area contributed by atoms with E-state index in [4.69, 9.17) is 0 Å².